The first kappa shape index (κ1) is 20.3. The standard InChI is InChI=1S/C19H20ClN3O4/c1-12-14(20)6-4-7-15(12)22-17(24)9-10-18(25)23-21-11-13-5-3-8-16(27-2)19(13)26/h3-8,11,26H,9-10H2,1-2H3,(H,22,24)(H,23,25)/b21-11+. The SMILES string of the molecule is COc1cccc(/C=N/NC(=O)CCC(=O)Nc2cccc(Cl)c2C)c1O. The fraction of sp³-hybridized carbons (Fsp3) is 0.211. The summed E-state index contributed by atoms with van der Waals surface area (Å²) in [5.74, 6) is -0.496. The van der Waals surface area contributed by atoms with Gasteiger partial charge in [0.15, 0.2) is 11.5 Å². The molecular weight excluding hydrogens is 370 g/mol. The Morgan fingerprint density at radius 2 is 1.89 bits per heavy atom. The zero-order valence-corrected chi connectivity index (χ0v) is 15.7. The number of amides is 2. The van der Waals surface area contributed by atoms with E-state index in [4.69, 9.17) is 16.3 Å². The summed E-state index contributed by atoms with van der Waals surface area (Å²) in [4.78, 5) is 23.8. The molecule has 2 aromatic carbocycles. The van der Waals surface area contributed by atoms with Crippen LogP contribution in [0.1, 0.15) is 24.0 Å². The van der Waals surface area contributed by atoms with Crippen molar-refractivity contribution in [1.82, 2.24) is 5.43 Å². The third-order valence-corrected chi connectivity index (χ3v) is 4.17. The molecule has 7 nitrogen and oxygen atoms in total. The van der Waals surface area contributed by atoms with Crippen molar-refractivity contribution in [2.75, 3.05) is 12.4 Å². The minimum absolute atomic E-state index is 0.00227. The monoisotopic (exact) mass is 389 g/mol. The number of halogens is 1. The van der Waals surface area contributed by atoms with Crippen molar-refractivity contribution in [2.45, 2.75) is 19.8 Å². The Morgan fingerprint density at radius 1 is 1.19 bits per heavy atom. The van der Waals surface area contributed by atoms with Crippen molar-refractivity contribution >= 4 is 35.3 Å². The predicted molar refractivity (Wildman–Crippen MR) is 104 cm³/mol. The van der Waals surface area contributed by atoms with E-state index < -0.39 is 5.91 Å². The molecule has 2 aromatic rings. The highest BCUT2D eigenvalue weighted by Gasteiger charge is 2.09. The number of aromatic hydroxyl groups is 1. The Labute approximate surface area is 162 Å². The van der Waals surface area contributed by atoms with Crippen LogP contribution in [0.3, 0.4) is 0 Å². The molecule has 0 saturated heterocycles. The van der Waals surface area contributed by atoms with Gasteiger partial charge in [-0.2, -0.15) is 5.10 Å². The van der Waals surface area contributed by atoms with Crippen LogP contribution in [0, 0.1) is 6.92 Å². The number of rotatable bonds is 7. The van der Waals surface area contributed by atoms with Gasteiger partial charge in [-0.25, -0.2) is 5.43 Å². The molecule has 142 valence electrons. The number of phenols is 1. The lowest BCUT2D eigenvalue weighted by molar-refractivity contribution is -0.124. The molecule has 0 fully saturated rings. The fourth-order valence-electron chi connectivity index (χ4n) is 2.22. The van der Waals surface area contributed by atoms with E-state index in [0.717, 1.165) is 5.56 Å². The number of ether oxygens (including phenoxy) is 1. The summed E-state index contributed by atoms with van der Waals surface area (Å²) in [6, 6.07) is 10.1. The Balaban J connectivity index is 1.82. The first-order valence-electron chi connectivity index (χ1n) is 8.15. The molecular formula is C19H20ClN3O4. The topological polar surface area (TPSA) is 100 Å². The molecule has 2 rings (SSSR count). The van der Waals surface area contributed by atoms with Crippen molar-refractivity contribution in [3.63, 3.8) is 0 Å². The summed E-state index contributed by atoms with van der Waals surface area (Å²) in [5.41, 5.74) is 4.08. The maximum absolute atomic E-state index is 12.0. The van der Waals surface area contributed by atoms with Crippen molar-refractivity contribution in [3.8, 4) is 11.5 Å². The maximum Gasteiger partial charge on any atom is 0.240 e. The number of anilines is 1. The van der Waals surface area contributed by atoms with Gasteiger partial charge in [0.2, 0.25) is 11.8 Å². The molecule has 0 bridgehead atoms. The molecule has 0 aliphatic carbocycles. The summed E-state index contributed by atoms with van der Waals surface area (Å²) in [5, 5.41) is 17.0. The third kappa shape index (κ3) is 5.72. The summed E-state index contributed by atoms with van der Waals surface area (Å²) in [6.07, 6.45) is 1.26. The van der Waals surface area contributed by atoms with E-state index in [1.165, 1.54) is 13.3 Å². The molecule has 0 radical (unpaired) electrons. The van der Waals surface area contributed by atoms with Crippen LogP contribution in [-0.2, 0) is 9.59 Å². The lowest BCUT2D eigenvalue weighted by Gasteiger charge is -2.09. The van der Waals surface area contributed by atoms with Gasteiger partial charge in [0.1, 0.15) is 0 Å². The highest BCUT2D eigenvalue weighted by Crippen LogP contribution is 2.28. The van der Waals surface area contributed by atoms with Crippen molar-refractivity contribution < 1.29 is 19.4 Å². The van der Waals surface area contributed by atoms with Gasteiger partial charge in [-0.1, -0.05) is 23.7 Å². The quantitative estimate of drug-likeness (QED) is 0.500. The second kappa shape index (κ2) is 9.59. The number of nitrogens with one attached hydrogen (secondary N) is 2. The average molecular weight is 390 g/mol. The van der Waals surface area contributed by atoms with Crippen molar-refractivity contribution in [1.29, 1.82) is 0 Å². The number of methoxy groups -OCH3 is 1. The normalized spacial score (nSPS) is 10.6. The van der Waals surface area contributed by atoms with E-state index in [2.05, 4.69) is 15.8 Å². The summed E-state index contributed by atoms with van der Waals surface area (Å²) in [6.45, 7) is 1.80. The summed E-state index contributed by atoms with van der Waals surface area (Å²) < 4.78 is 4.99. The highest BCUT2D eigenvalue weighted by molar-refractivity contribution is 6.31. The lowest BCUT2D eigenvalue weighted by Crippen LogP contribution is -2.20. The number of phenolic OH excluding ortho intramolecular Hbond substituents is 1. The van der Waals surface area contributed by atoms with Gasteiger partial charge >= 0.3 is 0 Å². The van der Waals surface area contributed by atoms with Crippen LogP contribution in [0.15, 0.2) is 41.5 Å². The maximum atomic E-state index is 12.0. The number of carbonyl (C=O) groups is 2. The Hall–Kier alpha value is -3.06. The molecule has 2 amide bonds. The Kier molecular flexibility index (Phi) is 7.19. The number of para-hydroxylation sites is 1. The smallest absolute Gasteiger partial charge is 0.240 e. The third-order valence-electron chi connectivity index (χ3n) is 3.76. The van der Waals surface area contributed by atoms with Crippen molar-refractivity contribution in [3.05, 3.63) is 52.5 Å². The zero-order valence-electron chi connectivity index (χ0n) is 15.0. The number of carbonyl (C=O) groups excluding carboxylic acids is 2. The van der Waals surface area contributed by atoms with Gasteiger partial charge in [-0.3, -0.25) is 9.59 Å². The second-order valence-electron chi connectivity index (χ2n) is 5.65. The average Bonchev–Trinajstić information content (AvgIpc) is 2.65. The zero-order chi connectivity index (χ0) is 19.8. The van der Waals surface area contributed by atoms with E-state index >= 15 is 0 Å². The molecule has 3 N–H and O–H groups in total. The highest BCUT2D eigenvalue weighted by atomic mass is 35.5. The number of hydrogen-bond acceptors (Lipinski definition) is 5. The Morgan fingerprint density at radius 3 is 2.63 bits per heavy atom. The predicted octanol–water partition coefficient (Wildman–Crippen LogP) is 3.23. The van der Waals surface area contributed by atoms with Gasteiger partial charge in [0.05, 0.1) is 13.3 Å². The van der Waals surface area contributed by atoms with Crippen LogP contribution < -0.4 is 15.5 Å². The molecule has 0 atom stereocenters. The van der Waals surface area contributed by atoms with E-state index in [1.54, 1.807) is 43.3 Å². The first-order valence-corrected chi connectivity index (χ1v) is 8.53. The molecule has 27 heavy (non-hydrogen) atoms. The van der Waals surface area contributed by atoms with Gasteiger partial charge in [0, 0.05) is 29.1 Å². The van der Waals surface area contributed by atoms with E-state index in [9.17, 15) is 14.7 Å². The van der Waals surface area contributed by atoms with Crippen LogP contribution in [-0.4, -0.2) is 30.2 Å². The number of nitrogens with zero attached hydrogens (tertiary/aromatic N) is 1. The van der Waals surface area contributed by atoms with Gasteiger partial charge < -0.3 is 15.2 Å². The van der Waals surface area contributed by atoms with Crippen LogP contribution >= 0.6 is 11.6 Å². The van der Waals surface area contributed by atoms with Crippen molar-refractivity contribution in [2.24, 2.45) is 5.10 Å². The molecule has 0 spiro atoms. The van der Waals surface area contributed by atoms with Crippen LogP contribution in [0.5, 0.6) is 11.5 Å². The molecule has 8 heteroatoms. The van der Waals surface area contributed by atoms with E-state index in [0.29, 0.717) is 22.0 Å². The second-order valence-corrected chi connectivity index (χ2v) is 6.06. The fourth-order valence-corrected chi connectivity index (χ4v) is 2.40. The first-order chi connectivity index (χ1) is 12.9. The molecule has 0 heterocycles. The van der Waals surface area contributed by atoms with Crippen LogP contribution in [0.4, 0.5) is 5.69 Å². The number of benzene rings is 2. The molecule has 0 aliphatic rings. The Bertz CT molecular complexity index is 868. The minimum atomic E-state index is -0.424. The van der Waals surface area contributed by atoms with E-state index in [1.807, 2.05) is 0 Å². The number of hydrogen-bond donors (Lipinski definition) is 3. The van der Waals surface area contributed by atoms with Gasteiger partial charge in [0.25, 0.3) is 0 Å². The van der Waals surface area contributed by atoms with Crippen LogP contribution in [0.2, 0.25) is 5.02 Å². The molecule has 0 unspecified atom stereocenters. The largest absolute Gasteiger partial charge is 0.504 e. The summed E-state index contributed by atoms with van der Waals surface area (Å²) >= 11 is 6.01. The molecule has 0 saturated carbocycles. The molecule has 0 aliphatic heterocycles. The van der Waals surface area contributed by atoms with Gasteiger partial charge in [-0.15, -0.1) is 0 Å². The molecule has 0 aromatic heterocycles. The van der Waals surface area contributed by atoms with E-state index in [-0.39, 0.29) is 24.5 Å². The lowest BCUT2D eigenvalue weighted by atomic mass is 10.2. The van der Waals surface area contributed by atoms with Crippen LogP contribution in [0.25, 0.3) is 0 Å². The summed E-state index contributed by atoms with van der Waals surface area (Å²) in [7, 11) is 1.44. The van der Waals surface area contributed by atoms with Gasteiger partial charge in [-0.05, 0) is 36.8 Å². The minimum Gasteiger partial charge on any atom is -0.504 e. The number of hydrazone groups is 1.